The van der Waals surface area contributed by atoms with E-state index in [9.17, 15) is 0 Å². The average molecular weight is 233 g/mol. The number of ether oxygens (including phenoxy) is 1. The zero-order valence-electron chi connectivity index (χ0n) is 9.93. The van der Waals surface area contributed by atoms with Gasteiger partial charge >= 0.3 is 0 Å². The average Bonchev–Trinajstić information content (AvgIpc) is 2.78. The quantitative estimate of drug-likeness (QED) is 0.819. The summed E-state index contributed by atoms with van der Waals surface area (Å²) in [5, 5.41) is 3.85. The number of aromatic nitrogens is 2. The molecule has 1 aromatic carbocycles. The first-order valence-electron chi connectivity index (χ1n) is 5.48. The standard InChI is InChI=1S/C12H15N3O2/c1-3-16-7-11-14-12(17-15-11)9-5-4-6-10(13)8(9)2/h4-6H,3,7,13H2,1-2H3. The van der Waals surface area contributed by atoms with Gasteiger partial charge in [0, 0.05) is 17.9 Å². The lowest BCUT2D eigenvalue weighted by atomic mass is 10.1. The smallest absolute Gasteiger partial charge is 0.258 e. The Bertz CT molecular complexity index is 508. The van der Waals surface area contributed by atoms with Gasteiger partial charge in [-0.25, -0.2) is 0 Å². The second kappa shape index (κ2) is 4.97. The van der Waals surface area contributed by atoms with Crippen molar-refractivity contribution in [1.82, 2.24) is 10.1 Å². The molecule has 17 heavy (non-hydrogen) atoms. The van der Waals surface area contributed by atoms with Crippen LogP contribution in [-0.2, 0) is 11.3 Å². The van der Waals surface area contributed by atoms with Gasteiger partial charge in [-0.1, -0.05) is 11.2 Å². The van der Waals surface area contributed by atoms with E-state index in [1.807, 2.05) is 32.0 Å². The number of hydrogen-bond donors (Lipinski definition) is 1. The molecule has 0 saturated carbocycles. The normalized spacial score (nSPS) is 10.7. The highest BCUT2D eigenvalue weighted by atomic mass is 16.5. The minimum absolute atomic E-state index is 0.362. The predicted octanol–water partition coefficient (Wildman–Crippen LogP) is 2.16. The molecule has 1 aromatic heterocycles. The maximum absolute atomic E-state index is 5.83. The largest absolute Gasteiger partial charge is 0.398 e. The van der Waals surface area contributed by atoms with Gasteiger partial charge in [0.2, 0.25) is 0 Å². The number of anilines is 1. The number of nitrogens with zero attached hydrogens (tertiary/aromatic N) is 2. The number of benzene rings is 1. The molecule has 0 fully saturated rings. The fourth-order valence-corrected chi connectivity index (χ4v) is 1.50. The lowest BCUT2D eigenvalue weighted by molar-refractivity contribution is 0.126. The molecule has 0 spiro atoms. The molecule has 0 aliphatic carbocycles. The summed E-state index contributed by atoms with van der Waals surface area (Å²) in [7, 11) is 0. The minimum atomic E-state index is 0.362. The molecule has 1 heterocycles. The molecule has 0 atom stereocenters. The number of hydrogen-bond acceptors (Lipinski definition) is 5. The highest BCUT2D eigenvalue weighted by Crippen LogP contribution is 2.25. The Labute approximate surface area is 99.6 Å². The van der Waals surface area contributed by atoms with Crippen molar-refractivity contribution in [1.29, 1.82) is 0 Å². The topological polar surface area (TPSA) is 74.2 Å². The van der Waals surface area contributed by atoms with Crippen LogP contribution < -0.4 is 5.73 Å². The van der Waals surface area contributed by atoms with Gasteiger partial charge in [0.15, 0.2) is 5.82 Å². The molecular formula is C12H15N3O2. The van der Waals surface area contributed by atoms with Crippen molar-refractivity contribution in [3.8, 4) is 11.5 Å². The van der Waals surface area contributed by atoms with Crippen molar-refractivity contribution in [2.75, 3.05) is 12.3 Å². The first-order chi connectivity index (χ1) is 8.22. The van der Waals surface area contributed by atoms with E-state index >= 15 is 0 Å². The third kappa shape index (κ3) is 2.45. The van der Waals surface area contributed by atoms with Crippen LogP contribution in [0.3, 0.4) is 0 Å². The van der Waals surface area contributed by atoms with Gasteiger partial charge in [0.05, 0.1) is 0 Å². The maximum atomic E-state index is 5.83. The fraction of sp³-hybridized carbons (Fsp3) is 0.333. The van der Waals surface area contributed by atoms with E-state index in [1.165, 1.54) is 0 Å². The summed E-state index contributed by atoms with van der Waals surface area (Å²) in [6, 6.07) is 5.62. The fourth-order valence-electron chi connectivity index (χ4n) is 1.50. The number of nitrogens with two attached hydrogens (primary N) is 1. The predicted molar refractivity (Wildman–Crippen MR) is 64.2 cm³/mol. The molecule has 2 rings (SSSR count). The van der Waals surface area contributed by atoms with Crippen LogP contribution in [-0.4, -0.2) is 16.7 Å². The Hall–Kier alpha value is -1.88. The molecule has 5 nitrogen and oxygen atoms in total. The summed E-state index contributed by atoms with van der Waals surface area (Å²) < 4.78 is 10.4. The van der Waals surface area contributed by atoms with Crippen molar-refractivity contribution in [2.45, 2.75) is 20.5 Å². The van der Waals surface area contributed by atoms with Gasteiger partial charge in [-0.05, 0) is 31.5 Å². The monoisotopic (exact) mass is 233 g/mol. The van der Waals surface area contributed by atoms with Gasteiger partial charge in [-0.2, -0.15) is 4.98 Å². The molecule has 2 N–H and O–H groups in total. The summed E-state index contributed by atoms with van der Waals surface area (Å²) >= 11 is 0. The van der Waals surface area contributed by atoms with Gasteiger partial charge in [0.25, 0.3) is 5.89 Å². The summed E-state index contributed by atoms with van der Waals surface area (Å²) in [4.78, 5) is 4.26. The van der Waals surface area contributed by atoms with Crippen LogP contribution in [0.4, 0.5) is 5.69 Å². The molecule has 90 valence electrons. The van der Waals surface area contributed by atoms with Crippen LogP contribution in [0.5, 0.6) is 0 Å². The molecule has 5 heteroatoms. The highest BCUT2D eigenvalue weighted by Gasteiger charge is 2.12. The van der Waals surface area contributed by atoms with E-state index in [1.54, 1.807) is 0 Å². The van der Waals surface area contributed by atoms with Crippen LogP contribution in [0.15, 0.2) is 22.7 Å². The van der Waals surface area contributed by atoms with Gasteiger partial charge in [-0.3, -0.25) is 0 Å². The number of nitrogen functional groups attached to an aromatic ring is 1. The lowest BCUT2D eigenvalue weighted by Crippen LogP contribution is -1.94. The van der Waals surface area contributed by atoms with Crippen LogP contribution in [0.2, 0.25) is 0 Å². The van der Waals surface area contributed by atoms with Gasteiger partial charge < -0.3 is 15.0 Å². The minimum Gasteiger partial charge on any atom is -0.398 e. The molecule has 0 aliphatic rings. The Morgan fingerprint density at radius 2 is 2.24 bits per heavy atom. The van der Waals surface area contributed by atoms with E-state index in [-0.39, 0.29) is 0 Å². The second-order valence-corrected chi connectivity index (χ2v) is 3.67. The van der Waals surface area contributed by atoms with Gasteiger partial charge in [0.1, 0.15) is 6.61 Å². The zero-order chi connectivity index (χ0) is 12.3. The second-order valence-electron chi connectivity index (χ2n) is 3.67. The maximum Gasteiger partial charge on any atom is 0.258 e. The van der Waals surface area contributed by atoms with Gasteiger partial charge in [-0.15, -0.1) is 0 Å². The third-order valence-electron chi connectivity index (χ3n) is 2.51. The summed E-state index contributed by atoms with van der Waals surface area (Å²) in [5.74, 6) is 1.02. The zero-order valence-corrected chi connectivity index (χ0v) is 9.93. The van der Waals surface area contributed by atoms with E-state index in [0.717, 1.165) is 11.1 Å². The van der Waals surface area contributed by atoms with E-state index in [4.69, 9.17) is 15.0 Å². The molecule has 0 saturated heterocycles. The third-order valence-corrected chi connectivity index (χ3v) is 2.51. The molecule has 0 aliphatic heterocycles. The van der Waals surface area contributed by atoms with E-state index < -0.39 is 0 Å². The Balaban J connectivity index is 2.27. The molecule has 0 bridgehead atoms. The van der Waals surface area contributed by atoms with Crippen LogP contribution in [0.25, 0.3) is 11.5 Å². The molecular weight excluding hydrogens is 218 g/mol. The van der Waals surface area contributed by atoms with Crippen molar-refractivity contribution in [3.63, 3.8) is 0 Å². The van der Waals surface area contributed by atoms with Crippen molar-refractivity contribution >= 4 is 5.69 Å². The number of rotatable bonds is 4. The van der Waals surface area contributed by atoms with E-state index in [2.05, 4.69) is 10.1 Å². The Morgan fingerprint density at radius 1 is 1.41 bits per heavy atom. The molecule has 2 aromatic rings. The van der Waals surface area contributed by atoms with Crippen LogP contribution in [0.1, 0.15) is 18.3 Å². The molecule has 0 radical (unpaired) electrons. The summed E-state index contributed by atoms with van der Waals surface area (Å²) in [6.45, 7) is 4.84. The molecule has 0 amide bonds. The first kappa shape index (κ1) is 11.6. The van der Waals surface area contributed by atoms with Crippen LogP contribution in [0, 0.1) is 6.92 Å². The van der Waals surface area contributed by atoms with Crippen LogP contribution >= 0.6 is 0 Å². The summed E-state index contributed by atoms with van der Waals surface area (Å²) in [6.07, 6.45) is 0. The highest BCUT2D eigenvalue weighted by molar-refractivity contribution is 5.66. The lowest BCUT2D eigenvalue weighted by Gasteiger charge is -2.02. The van der Waals surface area contributed by atoms with E-state index in [0.29, 0.717) is 30.6 Å². The Morgan fingerprint density at radius 3 is 3.00 bits per heavy atom. The van der Waals surface area contributed by atoms with Crippen molar-refractivity contribution < 1.29 is 9.26 Å². The SMILES string of the molecule is CCOCc1noc(-c2cccc(N)c2C)n1. The Kier molecular flexibility index (Phi) is 3.39. The van der Waals surface area contributed by atoms with Crippen molar-refractivity contribution in [2.24, 2.45) is 0 Å². The van der Waals surface area contributed by atoms with Crippen molar-refractivity contribution in [3.05, 3.63) is 29.6 Å². The summed E-state index contributed by atoms with van der Waals surface area (Å²) in [5.41, 5.74) is 8.35. The first-order valence-corrected chi connectivity index (χ1v) is 5.48. The molecule has 0 unspecified atom stereocenters.